The zero-order valence-electron chi connectivity index (χ0n) is 16.1. The second kappa shape index (κ2) is 6.69. The highest BCUT2D eigenvalue weighted by molar-refractivity contribution is 5.88. The van der Waals surface area contributed by atoms with Gasteiger partial charge in [-0.25, -0.2) is 0 Å². The lowest BCUT2D eigenvalue weighted by Crippen LogP contribution is -2.47. The van der Waals surface area contributed by atoms with E-state index in [-0.39, 0.29) is 5.75 Å². The molecule has 3 N–H and O–H groups in total. The summed E-state index contributed by atoms with van der Waals surface area (Å²) in [6.07, 6.45) is 5.68. The molecule has 0 saturated carbocycles. The Morgan fingerprint density at radius 2 is 1.66 bits per heavy atom. The summed E-state index contributed by atoms with van der Waals surface area (Å²) in [5, 5.41) is 14.6. The van der Waals surface area contributed by atoms with Crippen molar-refractivity contribution in [1.29, 1.82) is 0 Å². The van der Waals surface area contributed by atoms with Crippen molar-refractivity contribution >= 4 is 28.5 Å². The van der Waals surface area contributed by atoms with Gasteiger partial charge in [0.15, 0.2) is 5.65 Å². The molecule has 5 rings (SSSR count). The Hall–Kier alpha value is -3.75. The Bertz CT molecular complexity index is 1160. The zero-order valence-corrected chi connectivity index (χ0v) is 16.1. The fourth-order valence-electron chi connectivity index (χ4n) is 3.74. The van der Waals surface area contributed by atoms with E-state index < -0.39 is 0 Å². The van der Waals surface area contributed by atoms with Crippen LogP contribution in [0.25, 0.3) is 16.7 Å². The van der Waals surface area contributed by atoms with Gasteiger partial charge in [0.05, 0.1) is 17.3 Å². The van der Waals surface area contributed by atoms with Crippen LogP contribution in [0.4, 0.5) is 17.5 Å². The molecule has 9 heteroatoms. The van der Waals surface area contributed by atoms with Crippen molar-refractivity contribution in [2.75, 3.05) is 41.7 Å². The van der Waals surface area contributed by atoms with E-state index in [1.165, 1.54) is 0 Å². The van der Waals surface area contributed by atoms with Gasteiger partial charge in [-0.05, 0) is 30.3 Å². The van der Waals surface area contributed by atoms with E-state index in [0.717, 1.165) is 48.6 Å². The lowest BCUT2D eigenvalue weighted by molar-refractivity contribution is 0.475. The summed E-state index contributed by atoms with van der Waals surface area (Å²) >= 11 is 0. The van der Waals surface area contributed by atoms with E-state index >= 15 is 0 Å². The van der Waals surface area contributed by atoms with Gasteiger partial charge in [-0.2, -0.15) is 15.1 Å². The summed E-state index contributed by atoms with van der Waals surface area (Å²) in [7, 11) is 1.89. The van der Waals surface area contributed by atoms with E-state index in [1.807, 2.05) is 42.2 Å². The van der Waals surface area contributed by atoms with Gasteiger partial charge in [-0.1, -0.05) is 0 Å². The van der Waals surface area contributed by atoms with Crippen LogP contribution in [0.3, 0.4) is 0 Å². The number of benzene rings is 1. The van der Waals surface area contributed by atoms with Gasteiger partial charge in [0.25, 0.3) is 0 Å². The van der Waals surface area contributed by atoms with Gasteiger partial charge in [0.2, 0.25) is 5.95 Å². The first-order valence-corrected chi connectivity index (χ1v) is 9.51. The minimum absolute atomic E-state index is 0.279. The maximum Gasteiger partial charge on any atom is 0.229 e. The molecule has 29 heavy (non-hydrogen) atoms. The lowest BCUT2D eigenvalue weighted by atomic mass is 10.2. The third-order valence-electron chi connectivity index (χ3n) is 5.31. The monoisotopic (exact) mass is 390 g/mol. The van der Waals surface area contributed by atoms with Crippen LogP contribution in [-0.4, -0.2) is 55.6 Å². The van der Waals surface area contributed by atoms with Crippen LogP contribution in [0.15, 0.2) is 48.9 Å². The van der Waals surface area contributed by atoms with E-state index in [4.69, 9.17) is 10.7 Å². The van der Waals surface area contributed by atoms with Gasteiger partial charge < -0.3 is 20.6 Å². The predicted octanol–water partition coefficient (Wildman–Crippen LogP) is 1.77. The van der Waals surface area contributed by atoms with Crippen molar-refractivity contribution in [3.05, 3.63) is 48.9 Å². The lowest BCUT2D eigenvalue weighted by Gasteiger charge is -2.36. The highest BCUT2D eigenvalue weighted by atomic mass is 16.3. The van der Waals surface area contributed by atoms with Gasteiger partial charge in [-0.3, -0.25) is 9.25 Å². The molecule has 148 valence electrons. The van der Waals surface area contributed by atoms with Crippen molar-refractivity contribution < 1.29 is 5.11 Å². The number of hydrogen-bond donors (Lipinski definition) is 2. The van der Waals surface area contributed by atoms with Crippen LogP contribution < -0.4 is 15.5 Å². The minimum atomic E-state index is 0.279. The molecule has 3 aromatic heterocycles. The van der Waals surface area contributed by atoms with Crippen LogP contribution in [0.1, 0.15) is 0 Å². The number of piperazine rings is 1. The number of aromatic hydroxyl groups is 1. The van der Waals surface area contributed by atoms with Crippen LogP contribution in [0, 0.1) is 0 Å². The SMILES string of the molecule is Cn1cc(-n2ccc3c(N)nc(N4CCN(c5ccc(O)cc5)CC4)nc32)cn1. The van der Waals surface area contributed by atoms with Crippen molar-refractivity contribution in [2.24, 2.45) is 7.05 Å². The molecular weight excluding hydrogens is 368 g/mol. The minimum Gasteiger partial charge on any atom is -0.508 e. The summed E-state index contributed by atoms with van der Waals surface area (Å²) in [4.78, 5) is 13.8. The van der Waals surface area contributed by atoms with Crippen molar-refractivity contribution in [1.82, 2.24) is 24.3 Å². The van der Waals surface area contributed by atoms with Gasteiger partial charge >= 0.3 is 0 Å². The highest BCUT2D eigenvalue weighted by Gasteiger charge is 2.21. The third kappa shape index (κ3) is 3.10. The van der Waals surface area contributed by atoms with Gasteiger partial charge in [0, 0.05) is 51.3 Å². The standard InChI is InChI=1S/C20H22N8O/c1-25-13-15(12-22-25)28-7-6-17-18(21)23-20(24-19(17)28)27-10-8-26(9-11-27)14-2-4-16(29)5-3-14/h2-7,12-13,29H,8-11H2,1H3,(H2,21,23,24). The highest BCUT2D eigenvalue weighted by Crippen LogP contribution is 2.26. The fraction of sp³-hybridized carbons (Fsp3) is 0.250. The molecule has 1 aliphatic heterocycles. The number of aromatic nitrogens is 5. The molecule has 0 amide bonds. The van der Waals surface area contributed by atoms with E-state index in [2.05, 4.69) is 19.9 Å². The molecule has 1 aliphatic rings. The fourth-order valence-corrected chi connectivity index (χ4v) is 3.74. The maximum absolute atomic E-state index is 9.48. The number of nitrogens with zero attached hydrogens (tertiary/aromatic N) is 7. The van der Waals surface area contributed by atoms with E-state index in [1.54, 1.807) is 23.0 Å². The second-order valence-corrected chi connectivity index (χ2v) is 7.19. The summed E-state index contributed by atoms with van der Waals surface area (Å²) in [6, 6.07) is 9.24. The summed E-state index contributed by atoms with van der Waals surface area (Å²) in [6.45, 7) is 3.27. The maximum atomic E-state index is 9.48. The van der Waals surface area contributed by atoms with Crippen molar-refractivity contribution in [3.8, 4) is 11.4 Å². The van der Waals surface area contributed by atoms with Crippen LogP contribution in [-0.2, 0) is 7.05 Å². The smallest absolute Gasteiger partial charge is 0.229 e. The number of phenols is 1. The molecule has 0 spiro atoms. The Morgan fingerprint density at radius 1 is 0.931 bits per heavy atom. The van der Waals surface area contributed by atoms with Crippen molar-refractivity contribution in [3.63, 3.8) is 0 Å². The number of fused-ring (bicyclic) bond motifs is 1. The third-order valence-corrected chi connectivity index (χ3v) is 5.31. The Labute approximate surface area is 167 Å². The normalized spacial score (nSPS) is 14.7. The summed E-state index contributed by atoms with van der Waals surface area (Å²) in [5.74, 6) is 1.40. The first-order valence-electron chi connectivity index (χ1n) is 9.51. The molecule has 1 aromatic carbocycles. The quantitative estimate of drug-likeness (QED) is 0.550. The number of phenolic OH excluding ortho intramolecular Hbond substituents is 1. The number of hydrogen-bond acceptors (Lipinski definition) is 7. The topological polar surface area (TPSA) is 101 Å². The Balaban J connectivity index is 1.41. The summed E-state index contributed by atoms with van der Waals surface area (Å²) < 4.78 is 3.74. The molecular formula is C20H22N8O. The number of nitrogen functional groups attached to an aromatic ring is 1. The van der Waals surface area contributed by atoms with E-state index in [0.29, 0.717) is 11.8 Å². The molecule has 1 saturated heterocycles. The zero-order chi connectivity index (χ0) is 20.0. The second-order valence-electron chi connectivity index (χ2n) is 7.19. The molecule has 4 heterocycles. The average molecular weight is 390 g/mol. The largest absolute Gasteiger partial charge is 0.508 e. The number of anilines is 3. The number of aryl methyl sites for hydroxylation is 1. The van der Waals surface area contributed by atoms with Crippen LogP contribution >= 0.6 is 0 Å². The predicted molar refractivity (Wildman–Crippen MR) is 113 cm³/mol. The molecule has 9 nitrogen and oxygen atoms in total. The average Bonchev–Trinajstić information content (AvgIpc) is 3.35. The van der Waals surface area contributed by atoms with E-state index in [9.17, 15) is 5.11 Å². The van der Waals surface area contributed by atoms with Gasteiger partial charge in [0.1, 0.15) is 11.6 Å². The Morgan fingerprint density at radius 3 is 2.34 bits per heavy atom. The molecule has 0 unspecified atom stereocenters. The van der Waals surface area contributed by atoms with Crippen LogP contribution in [0.5, 0.6) is 5.75 Å². The summed E-state index contributed by atoms with van der Waals surface area (Å²) in [5.41, 5.74) is 9.06. The molecule has 0 bridgehead atoms. The van der Waals surface area contributed by atoms with Crippen molar-refractivity contribution in [2.45, 2.75) is 0 Å². The van der Waals surface area contributed by atoms with Gasteiger partial charge in [-0.15, -0.1) is 0 Å². The first-order chi connectivity index (χ1) is 14.1. The number of rotatable bonds is 3. The molecule has 1 fully saturated rings. The molecule has 0 atom stereocenters. The molecule has 0 radical (unpaired) electrons. The van der Waals surface area contributed by atoms with Crippen LogP contribution in [0.2, 0.25) is 0 Å². The number of nitrogens with two attached hydrogens (primary N) is 1. The molecule has 0 aliphatic carbocycles. The molecule has 4 aromatic rings. The first kappa shape index (κ1) is 17.4. The Kier molecular flexibility index (Phi) is 4.01.